The topological polar surface area (TPSA) is 54.0 Å². The van der Waals surface area contributed by atoms with E-state index < -0.39 is 7.60 Å². The zero-order chi connectivity index (χ0) is 26.0. The van der Waals surface area contributed by atoms with Gasteiger partial charge < -0.3 is 18.5 Å². The van der Waals surface area contributed by atoms with Crippen LogP contribution < -0.4 is 0 Å². The van der Waals surface area contributed by atoms with Crippen LogP contribution in [0.3, 0.4) is 0 Å². The minimum Gasteiger partial charge on any atom is -0.381 e. The summed E-state index contributed by atoms with van der Waals surface area (Å²) < 4.78 is 35.3. The summed E-state index contributed by atoms with van der Waals surface area (Å²) in [5, 5.41) is 0. The fraction of sp³-hybridized carbons (Fsp3) is 0.793. The van der Waals surface area contributed by atoms with E-state index in [1.54, 1.807) is 0 Å². The van der Waals surface area contributed by atoms with E-state index in [4.69, 9.17) is 26.4 Å². The maximum atomic E-state index is 13.0. The predicted molar refractivity (Wildman–Crippen MR) is 152 cm³/mol. The van der Waals surface area contributed by atoms with Crippen molar-refractivity contribution in [2.75, 3.05) is 32.8 Å². The molecule has 0 N–H and O–H groups in total. The summed E-state index contributed by atoms with van der Waals surface area (Å²) in [5.41, 5.74) is 0.941. The molecule has 0 aliphatic carbocycles. The lowest BCUT2D eigenvalue weighted by molar-refractivity contribution is 0.101. The minimum absolute atomic E-state index is 0.0864. The van der Waals surface area contributed by atoms with Crippen molar-refractivity contribution >= 4 is 15.4 Å². The second-order valence-electron chi connectivity index (χ2n) is 9.59. The Bertz CT molecular complexity index is 631. The molecular weight excluding hydrogens is 470 g/mol. The van der Waals surface area contributed by atoms with Gasteiger partial charge >= 0.3 is 7.60 Å². The number of hydrogen-bond donors (Lipinski definition) is 0. The lowest BCUT2D eigenvalue weighted by atomic mass is 10.0. The van der Waals surface area contributed by atoms with Crippen molar-refractivity contribution in [1.82, 2.24) is 0 Å². The van der Waals surface area contributed by atoms with Crippen LogP contribution in [-0.4, -0.2) is 40.6 Å². The average molecular weight is 523 g/mol. The first-order chi connectivity index (χ1) is 17.7. The molecule has 7 heteroatoms. The van der Waals surface area contributed by atoms with Crippen LogP contribution in [-0.2, 0) is 29.7 Å². The summed E-state index contributed by atoms with van der Waals surface area (Å²) in [7, 11) is 2.12. The summed E-state index contributed by atoms with van der Waals surface area (Å²) in [6.07, 6.45) is 20.0. The van der Waals surface area contributed by atoms with Crippen LogP contribution in [0.1, 0.15) is 109 Å². The Morgan fingerprint density at radius 3 is 1.78 bits per heavy atom. The van der Waals surface area contributed by atoms with E-state index >= 15 is 0 Å². The average Bonchev–Trinajstić information content (AvgIpc) is 2.90. The molecule has 1 rings (SSSR count). The summed E-state index contributed by atoms with van der Waals surface area (Å²) in [5.74, 6) is 0. The van der Waals surface area contributed by atoms with Crippen LogP contribution in [0.25, 0.3) is 0 Å². The molecule has 36 heavy (non-hydrogen) atoms. The maximum Gasteiger partial charge on any atom is 0.356 e. The summed E-state index contributed by atoms with van der Waals surface area (Å²) >= 11 is 0. The van der Waals surface area contributed by atoms with Gasteiger partial charge in [0.1, 0.15) is 6.35 Å². The number of hydrogen-bond acceptors (Lipinski definition) is 5. The zero-order valence-corrected chi connectivity index (χ0v) is 23.9. The first-order valence-corrected chi connectivity index (χ1v) is 16.2. The van der Waals surface area contributed by atoms with Crippen molar-refractivity contribution in [2.24, 2.45) is 0 Å². The molecule has 5 nitrogen and oxygen atoms in total. The van der Waals surface area contributed by atoms with Gasteiger partial charge in [0.25, 0.3) is 0 Å². The highest BCUT2D eigenvalue weighted by molar-refractivity contribution is 7.53. The third kappa shape index (κ3) is 20.4. The molecule has 206 valence electrons. The van der Waals surface area contributed by atoms with Gasteiger partial charge in [-0.25, -0.2) is 0 Å². The highest BCUT2D eigenvalue weighted by Gasteiger charge is 2.25. The molecule has 2 radical (unpaired) electrons. The molecule has 0 saturated carbocycles. The number of ether oxygens (including phenoxy) is 2. The Kier molecular flexibility index (Phi) is 22.9. The molecule has 1 aromatic carbocycles. The Hall–Kier alpha value is -0.645. The van der Waals surface area contributed by atoms with E-state index in [9.17, 15) is 4.57 Å². The summed E-state index contributed by atoms with van der Waals surface area (Å²) in [6.45, 7) is 4.51. The van der Waals surface area contributed by atoms with Gasteiger partial charge in [-0.2, -0.15) is 0 Å². The molecule has 0 aromatic heterocycles. The van der Waals surface area contributed by atoms with Gasteiger partial charge in [0.05, 0.1) is 21.1 Å². The second-order valence-corrected chi connectivity index (χ2v) is 11.6. The number of benzene rings is 1. The largest absolute Gasteiger partial charge is 0.381 e. The molecule has 0 aliphatic heterocycles. The van der Waals surface area contributed by atoms with Gasteiger partial charge in [0.2, 0.25) is 0 Å². The second kappa shape index (κ2) is 24.7. The van der Waals surface area contributed by atoms with Gasteiger partial charge in [-0.3, -0.25) is 4.57 Å². The third-order valence-electron chi connectivity index (χ3n) is 6.15. The molecule has 0 amide bonds. The lowest BCUT2D eigenvalue weighted by Crippen LogP contribution is -2.07. The highest BCUT2D eigenvalue weighted by atomic mass is 31.2. The van der Waals surface area contributed by atoms with Crippen LogP contribution in [0.4, 0.5) is 0 Å². The van der Waals surface area contributed by atoms with Crippen molar-refractivity contribution < 1.29 is 23.1 Å². The van der Waals surface area contributed by atoms with Gasteiger partial charge in [-0.1, -0.05) is 127 Å². The molecule has 0 bridgehead atoms. The highest BCUT2D eigenvalue weighted by Crippen LogP contribution is 2.49. The van der Waals surface area contributed by atoms with E-state index in [2.05, 4.69) is 6.92 Å². The van der Waals surface area contributed by atoms with Gasteiger partial charge in [0, 0.05) is 19.8 Å². The van der Waals surface area contributed by atoms with Crippen LogP contribution in [0.15, 0.2) is 30.3 Å². The van der Waals surface area contributed by atoms with E-state index in [0.717, 1.165) is 18.6 Å². The first-order valence-electron chi connectivity index (χ1n) is 14.5. The fourth-order valence-corrected chi connectivity index (χ4v) is 5.31. The standard InChI is InChI=1S/C29H52BO5P/c1-2-3-4-5-6-7-8-9-10-11-12-13-14-18-23-32-24-19-25-34-36(31,28-33-26-22-30)35-27-29-20-16-15-17-21-29/h15-17,20-21H,2-14,18-19,22-28H2,1H3. The Labute approximate surface area is 223 Å². The Balaban J connectivity index is 1.96. The van der Waals surface area contributed by atoms with Crippen molar-refractivity contribution in [1.29, 1.82) is 0 Å². The quantitative estimate of drug-likeness (QED) is 0.0656. The van der Waals surface area contributed by atoms with Crippen molar-refractivity contribution in [3.8, 4) is 0 Å². The van der Waals surface area contributed by atoms with E-state index in [1.165, 1.54) is 83.5 Å². The molecule has 1 aromatic rings. The molecule has 0 spiro atoms. The molecule has 0 aliphatic rings. The van der Waals surface area contributed by atoms with Crippen molar-refractivity contribution in [3.05, 3.63) is 35.9 Å². The summed E-state index contributed by atoms with van der Waals surface area (Å²) in [6, 6.07) is 9.63. The van der Waals surface area contributed by atoms with Gasteiger partial charge in [-0.15, -0.1) is 0 Å². The Morgan fingerprint density at radius 1 is 0.639 bits per heavy atom. The van der Waals surface area contributed by atoms with Gasteiger partial charge in [0.15, 0.2) is 0 Å². The molecule has 0 saturated heterocycles. The molecular formula is C29H52BO5P. The van der Waals surface area contributed by atoms with Crippen LogP contribution in [0.2, 0.25) is 6.32 Å². The summed E-state index contributed by atoms with van der Waals surface area (Å²) in [4.78, 5) is 0. The van der Waals surface area contributed by atoms with E-state index in [-0.39, 0.29) is 13.0 Å². The molecule has 0 heterocycles. The van der Waals surface area contributed by atoms with Gasteiger partial charge in [-0.05, 0) is 18.4 Å². The van der Waals surface area contributed by atoms with E-state index in [0.29, 0.717) is 32.6 Å². The monoisotopic (exact) mass is 522 g/mol. The number of rotatable bonds is 27. The third-order valence-corrected chi connectivity index (χ3v) is 7.74. The Morgan fingerprint density at radius 2 is 1.19 bits per heavy atom. The number of unbranched alkanes of at least 4 members (excludes halogenated alkanes) is 13. The molecule has 1 unspecified atom stereocenters. The normalized spacial score (nSPS) is 13.1. The first kappa shape index (κ1) is 33.4. The maximum absolute atomic E-state index is 13.0. The lowest BCUT2D eigenvalue weighted by Gasteiger charge is -2.19. The van der Waals surface area contributed by atoms with Crippen LogP contribution in [0, 0.1) is 0 Å². The zero-order valence-electron chi connectivity index (χ0n) is 23.0. The minimum atomic E-state index is -3.34. The molecule has 0 fully saturated rings. The van der Waals surface area contributed by atoms with Crippen LogP contribution >= 0.6 is 7.60 Å². The predicted octanol–water partition coefficient (Wildman–Crippen LogP) is 8.86. The van der Waals surface area contributed by atoms with E-state index in [1.807, 2.05) is 30.3 Å². The molecule has 1 atom stereocenters. The van der Waals surface area contributed by atoms with Crippen molar-refractivity contribution in [2.45, 2.75) is 116 Å². The fourth-order valence-electron chi connectivity index (χ4n) is 3.98. The SMILES string of the molecule is [B]CCOCP(=O)(OCCCOCCCCCCCCCCCCCCCC)OCc1ccccc1. The van der Waals surface area contributed by atoms with Crippen LogP contribution in [0.5, 0.6) is 0 Å². The van der Waals surface area contributed by atoms with Crippen molar-refractivity contribution in [3.63, 3.8) is 0 Å². The smallest absolute Gasteiger partial charge is 0.356 e.